The van der Waals surface area contributed by atoms with Crippen LogP contribution in [-0.2, 0) is 4.79 Å². The molecule has 1 unspecified atom stereocenters. The highest BCUT2D eigenvalue weighted by Gasteiger charge is 2.30. The topological polar surface area (TPSA) is 32.3 Å². The summed E-state index contributed by atoms with van der Waals surface area (Å²) in [6.45, 7) is 2.45. The first-order valence-electron chi connectivity index (χ1n) is 6.87. The first-order valence-corrected chi connectivity index (χ1v) is 7.81. The van der Waals surface area contributed by atoms with Crippen LogP contribution in [0.5, 0.6) is 0 Å². The van der Waals surface area contributed by atoms with Crippen LogP contribution >= 0.6 is 11.3 Å². The molecule has 1 aliphatic carbocycles. The van der Waals surface area contributed by atoms with Crippen LogP contribution in [-0.4, -0.2) is 30.4 Å². The van der Waals surface area contributed by atoms with Gasteiger partial charge in [-0.25, -0.2) is 0 Å². The number of nitrogens with zero attached hydrogens (tertiary/aromatic N) is 1. The molecule has 0 bridgehead atoms. The quantitative estimate of drug-likeness (QED) is 0.886. The Labute approximate surface area is 112 Å². The Morgan fingerprint density at radius 2 is 2.33 bits per heavy atom. The van der Waals surface area contributed by atoms with E-state index in [9.17, 15) is 4.79 Å². The summed E-state index contributed by atoms with van der Waals surface area (Å²) in [5.74, 6) is 1.10. The minimum absolute atomic E-state index is 0.268. The number of nitrogens with one attached hydrogen (secondary N) is 1. The fourth-order valence-corrected chi connectivity index (χ4v) is 3.39. The van der Waals surface area contributed by atoms with Crippen molar-refractivity contribution in [1.29, 1.82) is 0 Å². The molecule has 1 aromatic rings. The maximum Gasteiger partial charge on any atom is 0.237 e. The van der Waals surface area contributed by atoms with Crippen molar-refractivity contribution in [2.45, 2.75) is 31.7 Å². The van der Waals surface area contributed by atoms with Crippen LogP contribution in [0.2, 0.25) is 0 Å². The zero-order valence-corrected chi connectivity index (χ0v) is 11.4. The van der Waals surface area contributed by atoms with Crippen molar-refractivity contribution in [2.24, 2.45) is 5.92 Å². The second-order valence-corrected chi connectivity index (χ2v) is 6.16. The molecule has 3 rings (SSSR count). The second kappa shape index (κ2) is 5.41. The normalized spacial score (nSPS) is 23.6. The molecule has 1 N–H and O–H groups in total. The Balaban J connectivity index is 1.54. The number of amides is 1. The average molecular weight is 264 g/mol. The van der Waals surface area contributed by atoms with Crippen molar-refractivity contribution >= 4 is 17.2 Å². The molecule has 1 amide bonds. The van der Waals surface area contributed by atoms with Gasteiger partial charge in [-0.2, -0.15) is 11.3 Å². The molecule has 2 aliphatic rings. The molecule has 2 fully saturated rings. The molecule has 2 heterocycles. The Hall–Kier alpha value is -0.870. The van der Waals surface area contributed by atoms with Gasteiger partial charge in [0.15, 0.2) is 0 Å². The van der Waals surface area contributed by atoms with Crippen molar-refractivity contribution in [3.63, 3.8) is 0 Å². The van der Waals surface area contributed by atoms with Crippen LogP contribution in [0.25, 0.3) is 0 Å². The van der Waals surface area contributed by atoms with Gasteiger partial charge in [-0.1, -0.05) is 0 Å². The largest absolute Gasteiger partial charge is 0.335 e. The van der Waals surface area contributed by atoms with Crippen LogP contribution in [0.3, 0.4) is 0 Å². The molecule has 98 valence electrons. The first-order chi connectivity index (χ1) is 8.84. The molecular weight excluding hydrogens is 244 g/mol. The molecular formula is C14H20N2OS. The van der Waals surface area contributed by atoms with Gasteiger partial charge in [0.2, 0.25) is 5.91 Å². The maximum atomic E-state index is 12.2. The van der Waals surface area contributed by atoms with Crippen LogP contribution in [0.1, 0.15) is 37.3 Å². The Bertz CT molecular complexity index is 400. The molecule has 0 spiro atoms. The minimum Gasteiger partial charge on any atom is -0.335 e. The number of hydrogen-bond donors (Lipinski definition) is 1. The molecule has 1 aromatic heterocycles. The standard InChI is InChI=1S/C14H20N2OS/c17-14(9-15-8-11-3-4-11)16-6-1-2-13(16)12-5-7-18-10-12/h5,7,10-11,13,15H,1-4,6,8-9H2. The lowest BCUT2D eigenvalue weighted by Crippen LogP contribution is -2.38. The van der Waals surface area contributed by atoms with E-state index in [1.165, 1.54) is 18.4 Å². The second-order valence-electron chi connectivity index (χ2n) is 5.38. The van der Waals surface area contributed by atoms with Crippen LogP contribution in [0, 0.1) is 5.92 Å². The van der Waals surface area contributed by atoms with Crippen molar-refractivity contribution in [3.05, 3.63) is 22.4 Å². The molecule has 0 radical (unpaired) electrons. The van der Waals surface area contributed by atoms with Crippen LogP contribution in [0.15, 0.2) is 16.8 Å². The maximum absolute atomic E-state index is 12.2. The summed E-state index contributed by atoms with van der Waals surface area (Å²) in [4.78, 5) is 14.3. The highest BCUT2D eigenvalue weighted by Crippen LogP contribution is 2.33. The Kier molecular flexibility index (Phi) is 3.66. The SMILES string of the molecule is O=C(CNCC1CC1)N1CCCC1c1ccsc1. The van der Waals surface area contributed by atoms with E-state index in [0.29, 0.717) is 12.6 Å². The van der Waals surface area contributed by atoms with Crippen molar-refractivity contribution in [3.8, 4) is 0 Å². The molecule has 1 saturated heterocycles. The lowest BCUT2D eigenvalue weighted by atomic mass is 10.1. The number of carbonyl (C=O) groups is 1. The number of rotatable bonds is 5. The van der Waals surface area contributed by atoms with E-state index in [1.54, 1.807) is 11.3 Å². The summed E-state index contributed by atoms with van der Waals surface area (Å²) in [6.07, 6.45) is 4.92. The smallest absolute Gasteiger partial charge is 0.237 e. The number of hydrogen-bond acceptors (Lipinski definition) is 3. The van der Waals surface area contributed by atoms with E-state index >= 15 is 0 Å². The zero-order valence-electron chi connectivity index (χ0n) is 10.6. The van der Waals surface area contributed by atoms with Gasteiger partial charge >= 0.3 is 0 Å². The van der Waals surface area contributed by atoms with E-state index < -0.39 is 0 Å². The lowest BCUT2D eigenvalue weighted by Gasteiger charge is -2.24. The number of carbonyl (C=O) groups excluding carboxylic acids is 1. The van der Waals surface area contributed by atoms with Crippen LogP contribution < -0.4 is 5.32 Å². The van der Waals surface area contributed by atoms with Gasteiger partial charge in [0, 0.05) is 6.54 Å². The summed E-state index contributed by atoms with van der Waals surface area (Å²) >= 11 is 1.72. The monoisotopic (exact) mass is 264 g/mol. The van der Waals surface area contributed by atoms with Gasteiger partial charge in [0.05, 0.1) is 12.6 Å². The lowest BCUT2D eigenvalue weighted by molar-refractivity contribution is -0.131. The predicted molar refractivity (Wildman–Crippen MR) is 73.6 cm³/mol. The van der Waals surface area contributed by atoms with Gasteiger partial charge in [0.1, 0.15) is 0 Å². The van der Waals surface area contributed by atoms with E-state index in [4.69, 9.17) is 0 Å². The fourth-order valence-electron chi connectivity index (χ4n) is 2.68. The van der Waals surface area contributed by atoms with Gasteiger partial charge in [-0.05, 0) is 60.5 Å². The summed E-state index contributed by atoms with van der Waals surface area (Å²) in [5, 5.41) is 7.57. The molecule has 18 heavy (non-hydrogen) atoms. The summed E-state index contributed by atoms with van der Waals surface area (Å²) in [5.41, 5.74) is 1.31. The van der Waals surface area contributed by atoms with Crippen molar-refractivity contribution in [1.82, 2.24) is 10.2 Å². The molecule has 1 atom stereocenters. The van der Waals surface area contributed by atoms with Crippen molar-refractivity contribution in [2.75, 3.05) is 19.6 Å². The van der Waals surface area contributed by atoms with Gasteiger partial charge in [-0.3, -0.25) is 4.79 Å². The molecule has 1 saturated carbocycles. The first kappa shape index (κ1) is 12.2. The van der Waals surface area contributed by atoms with E-state index in [-0.39, 0.29) is 5.91 Å². The van der Waals surface area contributed by atoms with Crippen LogP contribution in [0.4, 0.5) is 0 Å². The minimum atomic E-state index is 0.268. The average Bonchev–Trinajstić information content (AvgIpc) is 2.88. The van der Waals surface area contributed by atoms with E-state index in [2.05, 4.69) is 27.0 Å². The summed E-state index contributed by atoms with van der Waals surface area (Å²) in [6, 6.07) is 2.48. The Morgan fingerprint density at radius 3 is 3.06 bits per heavy atom. The number of likely N-dealkylation sites (tertiary alicyclic amines) is 1. The third-order valence-electron chi connectivity index (χ3n) is 3.91. The molecule has 0 aromatic carbocycles. The van der Waals surface area contributed by atoms with E-state index in [1.807, 2.05) is 0 Å². The number of thiophene rings is 1. The zero-order chi connectivity index (χ0) is 12.4. The Morgan fingerprint density at radius 1 is 1.44 bits per heavy atom. The highest BCUT2D eigenvalue weighted by molar-refractivity contribution is 7.07. The third-order valence-corrected chi connectivity index (χ3v) is 4.61. The van der Waals surface area contributed by atoms with E-state index in [0.717, 1.165) is 31.8 Å². The molecule has 1 aliphatic heterocycles. The van der Waals surface area contributed by atoms with Gasteiger partial charge < -0.3 is 10.2 Å². The summed E-state index contributed by atoms with van der Waals surface area (Å²) in [7, 11) is 0. The van der Waals surface area contributed by atoms with Gasteiger partial charge in [0.25, 0.3) is 0 Å². The van der Waals surface area contributed by atoms with Gasteiger partial charge in [-0.15, -0.1) is 0 Å². The summed E-state index contributed by atoms with van der Waals surface area (Å²) < 4.78 is 0. The fraction of sp³-hybridized carbons (Fsp3) is 0.643. The highest BCUT2D eigenvalue weighted by atomic mass is 32.1. The van der Waals surface area contributed by atoms with Crippen molar-refractivity contribution < 1.29 is 4.79 Å². The third kappa shape index (κ3) is 2.75. The molecule has 4 heteroatoms. The predicted octanol–water partition coefficient (Wildman–Crippen LogP) is 2.41. The molecule has 3 nitrogen and oxygen atoms in total.